The number of sulfonamides is 1. The number of carbonyl (C=O) groups excluding carboxylic acids is 1. The zero-order valence-electron chi connectivity index (χ0n) is 11.3. The molecule has 0 spiro atoms. The van der Waals surface area contributed by atoms with Gasteiger partial charge in [0.1, 0.15) is 0 Å². The molecule has 1 amide bonds. The summed E-state index contributed by atoms with van der Waals surface area (Å²) in [4.78, 5) is 11.8. The summed E-state index contributed by atoms with van der Waals surface area (Å²) in [5, 5.41) is 7.72. The maximum atomic E-state index is 11.9. The molecule has 2 rings (SSSR count). The first-order valence-corrected chi connectivity index (χ1v) is 7.96. The maximum absolute atomic E-state index is 11.9. The van der Waals surface area contributed by atoms with Crippen molar-refractivity contribution in [2.24, 2.45) is 5.14 Å². The lowest BCUT2D eigenvalue weighted by Crippen LogP contribution is -2.15. The number of anilines is 1. The van der Waals surface area contributed by atoms with Gasteiger partial charge < -0.3 is 5.32 Å². The van der Waals surface area contributed by atoms with E-state index in [1.165, 1.54) is 18.2 Å². The largest absolute Gasteiger partial charge is 0.326 e. The molecule has 0 heterocycles. The average molecular weight is 304 g/mol. The Morgan fingerprint density at radius 3 is 2.43 bits per heavy atom. The summed E-state index contributed by atoms with van der Waals surface area (Å²) in [5.41, 5.74) is 1.49. The van der Waals surface area contributed by atoms with Gasteiger partial charge in [0.25, 0.3) is 0 Å². The van der Waals surface area contributed by atoms with Crippen molar-refractivity contribution < 1.29 is 13.2 Å². The first kappa shape index (κ1) is 15.2. The Morgan fingerprint density at radius 2 is 1.76 bits per heavy atom. The van der Waals surface area contributed by atoms with Crippen molar-refractivity contribution in [1.29, 1.82) is 0 Å². The minimum atomic E-state index is -3.77. The van der Waals surface area contributed by atoms with Crippen molar-refractivity contribution in [3.63, 3.8) is 0 Å². The van der Waals surface area contributed by atoms with Crippen LogP contribution >= 0.6 is 0 Å². The Morgan fingerprint density at radius 1 is 1.05 bits per heavy atom. The van der Waals surface area contributed by atoms with Crippen molar-refractivity contribution in [3.8, 4) is 0 Å². The van der Waals surface area contributed by atoms with E-state index >= 15 is 0 Å². The Kier molecular flexibility index (Phi) is 4.72. The number of rotatable bonds is 5. The van der Waals surface area contributed by atoms with Crippen LogP contribution in [0, 0.1) is 0 Å². The van der Waals surface area contributed by atoms with Crippen molar-refractivity contribution >= 4 is 21.6 Å². The molecule has 0 unspecified atom stereocenters. The van der Waals surface area contributed by atoms with Gasteiger partial charge in [-0.25, -0.2) is 13.6 Å². The highest BCUT2D eigenvalue weighted by molar-refractivity contribution is 7.89. The van der Waals surface area contributed by atoms with E-state index in [1.54, 1.807) is 6.07 Å². The highest BCUT2D eigenvalue weighted by Crippen LogP contribution is 2.14. The summed E-state index contributed by atoms with van der Waals surface area (Å²) in [6.45, 7) is 0. The first-order chi connectivity index (χ1) is 9.95. The van der Waals surface area contributed by atoms with Crippen LogP contribution in [0.2, 0.25) is 0 Å². The smallest absolute Gasteiger partial charge is 0.238 e. The molecule has 0 saturated carbocycles. The number of hydrogen-bond acceptors (Lipinski definition) is 3. The normalized spacial score (nSPS) is 11.1. The van der Waals surface area contributed by atoms with Gasteiger partial charge in [0.05, 0.1) is 4.90 Å². The van der Waals surface area contributed by atoms with Gasteiger partial charge >= 0.3 is 0 Å². The van der Waals surface area contributed by atoms with Gasteiger partial charge in [0, 0.05) is 12.1 Å². The molecular weight excluding hydrogens is 288 g/mol. The van der Waals surface area contributed by atoms with Crippen LogP contribution in [-0.2, 0) is 21.2 Å². The lowest BCUT2D eigenvalue weighted by atomic mass is 10.1. The second-order valence-electron chi connectivity index (χ2n) is 4.61. The van der Waals surface area contributed by atoms with E-state index in [1.807, 2.05) is 30.3 Å². The van der Waals surface area contributed by atoms with E-state index in [-0.39, 0.29) is 10.8 Å². The molecule has 0 aliphatic carbocycles. The second-order valence-corrected chi connectivity index (χ2v) is 6.17. The Hall–Kier alpha value is -2.18. The average Bonchev–Trinajstić information content (AvgIpc) is 2.46. The predicted octanol–water partition coefficient (Wildman–Crippen LogP) is 1.91. The van der Waals surface area contributed by atoms with E-state index in [9.17, 15) is 13.2 Å². The molecule has 0 aliphatic rings. The third-order valence-corrected chi connectivity index (χ3v) is 3.84. The number of primary sulfonamides is 1. The predicted molar refractivity (Wildman–Crippen MR) is 81.2 cm³/mol. The zero-order valence-corrected chi connectivity index (χ0v) is 12.1. The molecule has 0 aliphatic heterocycles. The van der Waals surface area contributed by atoms with Crippen LogP contribution in [0.1, 0.15) is 12.0 Å². The number of carbonyl (C=O) groups is 1. The molecule has 0 fully saturated rings. The topological polar surface area (TPSA) is 89.3 Å². The summed E-state index contributed by atoms with van der Waals surface area (Å²) in [6.07, 6.45) is 0.950. The van der Waals surface area contributed by atoms with Crippen LogP contribution in [0.25, 0.3) is 0 Å². The van der Waals surface area contributed by atoms with Crippen LogP contribution in [0.3, 0.4) is 0 Å². The summed E-state index contributed by atoms with van der Waals surface area (Å²) in [7, 11) is -3.77. The van der Waals surface area contributed by atoms with E-state index < -0.39 is 10.0 Å². The van der Waals surface area contributed by atoms with Crippen LogP contribution in [0.15, 0.2) is 59.5 Å². The molecule has 2 aromatic carbocycles. The number of nitrogens with two attached hydrogens (primary N) is 1. The third kappa shape index (κ3) is 4.70. The molecule has 0 atom stereocenters. The van der Waals surface area contributed by atoms with Gasteiger partial charge in [-0.3, -0.25) is 4.79 Å². The molecule has 0 aromatic heterocycles. The number of amides is 1. The monoisotopic (exact) mass is 304 g/mol. The standard InChI is InChI=1S/C15H16N2O3S/c16-21(19,20)14-8-4-7-13(11-14)17-15(18)10-9-12-5-2-1-3-6-12/h1-8,11H,9-10H2,(H,17,18)(H2,16,19,20). The Balaban J connectivity index is 1.97. The minimum absolute atomic E-state index is 0.0247. The van der Waals surface area contributed by atoms with Crippen LogP contribution in [0.4, 0.5) is 5.69 Å². The fraction of sp³-hybridized carbons (Fsp3) is 0.133. The van der Waals surface area contributed by atoms with Gasteiger partial charge in [0.15, 0.2) is 0 Å². The molecule has 0 radical (unpaired) electrons. The van der Waals surface area contributed by atoms with Gasteiger partial charge in [-0.1, -0.05) is 36.4 Å². The third-order valence-electron chi connectivity index (χ3n) is 2.93. The molecular formula is C15H16N2O3S. The molecule has 6 heteroatoms. The van der Waals surface area contributed by atoms with Crippen molar-refractivity contribution in [2.45, 2.75) is 17.7 Å². The SMILES string of the molecule is NS(=O)(=O)c1cccc(NC(=O)CCc2ccccc2)c1. The second kappa shape index (κ2) is 6.51. The number of hydrogen-bond donors (Lipinski definition) is 2. The van der Waals surface area contributed by atoms with E-state index in [2.05, 4.69) is 5.32 Å². The van der Waals surface area contributed by atoms with E-state index in [0.29, 0.717) is 18.5 Å². The van der Waals surface area contributed by atoms with Crippen LogP contribution < -0.4 is 10.5 Å². The van der Waals surface area contributed by atoms with Crippen molar-refractivity contribution in [3.05, 3.63) is 60.2 Å². The molecule has 110 valence electrons. The lowest BCUT2D eigenvalue weighted by Gasteiger charge is -2.07. The van der Waals surface area contributed by atoms with Crippen LogP contribution in [0.5, 0.6) is 0 Å². The number of nitrogens with one attached hydrogen (secondary N) is 1. The van der Waals surface area contributed by atoms with Crippen molar-refractivity contribution in [2.75, 3.05) is 5.32 Å². The fourth-order valence-corrected chi connectivity index (χ4v) is 2.44. The van der Waals surface area contributed by atoms with Crippen LogP contribution in [-0.4, -0.2) is 14.3 Å². The summed E-state index contributed by atoms with van der Waals surface area (Å²) < 4.78 is 22.5. The van der Waals surface area contributed by atoms with Crippen molar-refractivity contribution in [1.82, 2.24) is 0 Å². The Labute approximate surface area is 123 Å². The maximum Gasteiger partial charge on any atom is 0.238 e. The molecule has 2 aromatic rings. The summed E-state index contributed by atoms with van der Waals surface area (Å²) in [6, 6.07) is 15.5. The fourth-order valence-electron chi connectivity index (χ4n) is 1.88. The van der Waals surface area contributed by atoms with Gasteiger partial charge in [-0.05, 0) is 30.2 Å². The molecule has 0 bridgehead atoms. The summed E-state index contributed by atoms with van der Waals surface area (Å²) >= 11 is 0. The minimum Gasteiger partial charge on any atom is -0.326 e. The van der Waals surface area contributed by atoms with Gasteiger partial charge in [0.2, 0.25) is 15.9 Å². The van der Waals surface area contributed by atoms with Gasteiger partial charge in [-0.2, -0.15) is 0 Å². The molecule has 5 nitrogen and oxygen atoms in total. The van der Waals surface area contributed by atoms with Gasteiger partial charge in [-0.15, -0.1) is 0 Å². The number of benzene rings is 2. The Bertz CT molecular complexity index is 728. The first-order valence-electron chi connectivity index (χ1n) is 6.42. The molecule has 0 saturated heterocycles. The number of aryl methyl sites for hydroxylation is 1. The highest BCUT2D eigenvalue weighted by Gasteiger charge is 2.09. The lowest BCUT2D eigenvalue weighted by molar-refractivity contribution is -0.116. The molecule has 21 heavy (non-hydrogen) atoms. The molecule has 3 N–H and O–H groups in total. The quantitative estimate of drug-likeness (QED) is 0.884. The van der Waals surface area contributed by atoms with E-state index in [0.717, 1.165) is 5.56 Å². The zero-order chi connectivity index (χ0) is 15.3. The highest BCUT2D eigenvalue weighted by atomic mass is 32.2. The van der Waals surface area contributed by atoms with E-state index in [4.69, 9.17) is 5.14 Å². The summed E-state index contributed by atoms with van der Waals surface area (Å²) in [5.74, 6) is -0.176.